The Hall–Kier alpha value is -4.26. The fraction of sp³-hybridized carbons (Fsp3) is 0.214. The average molecular weight is 463 g/mol. The lowest BCUT2D eigenvalue weighted by atomic mass is 10.1. The number of nitrogens with zero attached hydrogens (tertiary/aromatic N) is 6. The Labute approximate surface area is 203 Å². The van der Waals surface area contributed by atoms with Crippen molar-refractivity contribution in [2.45, 2.75) is 19.9 Å². The second-order valence-electron chi connectivity index (χ2n) is 9.14. The number of amides is 1. The van der Waals surface area contributed by atoms with E-state index >= 15 is 0 Å². The lowest BCUT2D eigenvalue weighted by Gasteiger charge is -2.40. The predicted molar refractivity (Wildman–Crippen MR) is 138 cm³/mol. The minimum absolute atomic E-state index is 0.0266. The minimum atomic E-state index is 0.0266. The van der Waals surface area contributed by atoms with E-state index in [0.29, 0.717) is 19.6 Å². The number of hydrogen-bond donors (Lipinski definition) is 0. The third-order valence-corrected chi connectivity index (χ3v) is 6.70. The number of para-hydroxylation sites is 1. The number of piperazine rings is 1. The van der Waals surface area contributed by atoms with Crippen LogP contribution in [0.5, 0.6) is 0 Å². The zero-order chi connectivity index (χ0) is 23.9. The van der Waals surface area contributed by atoms with Crippen LogP contribution in [0.15, 0.2) is 78.9 Å². The molecule has 0 bridgehead atoms. The lowest BCUT2D eigenvalue weighted by molar-refractivity contribution is 0.0673. The Bertz CT molecular complexity index is 1540. The van der Waals surface area contributed by atoms with Crippen LogP contribution in [0.3, 0.4) is 0 Å². The number of carbonyl (C=O) groups is 1. The normalized spacial score (nSPS) is 16.2. The van der Waals surface area contributed by atoms with Gasteiger partial charge in [0.15, 0.2) is 11.5 Å². The maximum atomic E-state index is 13.1. The zero-order valence-electron chi connectivity index (χ0n) is 19.8. The first-order valence-corrected chi connectivity index (χ1v) is 11.9. The van der Waals surface area contributed by atoms with Gasteiger partial charge >= 0.3 is 0 Å². The van der Waals surface area contributed by atoms with Crippen LogP contribution < -0.4 is 4.90 Å². The minimum Gasteiger partial charge on any atom is -0.338 e. The molecule has 1 amide bonds. The van der Waals surface area contributed by atoms with Crippen molar-refractivity contribution < 1.29 is 4.79 Å². The third kappa shape index (κ3) is 3.69. The van der Waals surface area contributed by atoms with E-state index in [9.17, 15) is 4.79 Å². The smallest absolute Gasteiger partial charge is 0.254 e. The van der Waals surface area contributed by atoms with Gasteiger partial charge < -0.3 is 9.80 Å². The van der Waals surface area contributed by atoms with Gasteiger partial charge in [-0.2, -0.15) is 0 Å². The maximum absolute atomic E-state index is 13.1. The molecule has 2 aromatic heterocycles. The molecule has 3 aromatic carbocycles. The molecule has 35 heavy (non-hydrogen) atoms. The highest BCUT2D eigenvalue weighted by Gasteiger charge is 2.31. The monoisotopic (exact) mass is 462 g/mol. The van der Waals surface area contributed by atoms with E-state index in [2.05, 4.69) is 51.5 Å². The first-order valence-electron chi connectivity index (χ1n) is 11.9. The highest BCUT2D eigenvalue weighted by molar-refractivity contribution is 5.95. The molecule has 1 aliphatic heterocycles. The molecule has 0 unspecified atom stereocenters. The Kier molecular flexibility index (Phi) is 5.17. The van der Waals surface area contributed by atoms with E-state index in [-0.39, 0.29) is 11.9 Å². The summed E-state index contributed by atoms with van der Waals surface area (Å²) < 4.78 is 2.07. The van der Waals surface area contributed by atoms with E-state index in [0.717, 1.165) is 45.0 Å². The summed E-state index contributed by atoms with van der Waals surface area (Å²) >= 11 is 0. The van der Waals surface area contributed by atoms with E-state index in [1.165, 1.54) is 0 Å². The molecule has 0 N–H and O–H groups in total. The molecule has 0 saturated carbocycles. The molecule has 7 nitrogen and oxygen atoms in total. The molecule has 174 valence electrons. The van der Waals surface area contributed by atoms with Crippen LogP contribution in [0.2, 0.25) is 0 Å². The van der Waals surface area contributed by atoms with Crippen molar-refractivity contribution in [2.24, 2.45) is 0 Å². The van der Waals surface area contributed by atoms with Crippen molar-refractivity contribution in [1.82, 2.24) is 24.5 Å². The third-order valence-electron chi connectivity index (χ3n) is 6.70. The van der Waals surface area contributed by atoms with Crippen LogP contribution in [0.25, 0.3) is 27.9 Å². The molecule has 5 aromatic rings. The molecular weight excluding hydrogens is 436 g/mol. The van der Waals surface area contributed by atoms with Gasteiger partial charge in [0.1, 0.15) is 0 Å². The van der Waals surface area contributed by atoms with Crippen molar-refractivity contribution in [3.8, 4) is 11.4 Å². The molecule has 0 aliphatic carbocycles. The van der Waals surface area contributed by atoms with E-state index in [1.54, 1.807) is 0 Å². The quantitative estimate of drug-likeness (QED) is 0.392. The SMILES string of the molecule is Cc1cccc(-c2nnc3c4ccccc4nc(N4CCN(C(=O)c5ccccc5)[C@H](C)C4)n23)c1. The van der Waals surface area contributed by atoms with Crippen LogP contribution in [-0.2, 0) is 0 Å². The van der Waals surface area contributed by atoms with Crippen molar-refractivity contribution in [1.29, 1.82) is 0 Å². The largest absolute Gasteiger partial charge is 0.338 e. The summed E-state index contributed by atoms with van der Waals surface area (Å²) in [6.45, 7) is 6.14. The standard InChI is InChI=1S/C28H26N6O/c1-19-9-8-12-22(17-19)25-30-31-26-23-13-6-7-14-24(23)29-28(34(25)26)32-15-16-33(20(2)18-32)27(35)21-10-4-3-5-11-21/h3-14,17,20H,15-16,18H2,1-2H3/t20-/m1/s1. The summed E-state index contributed by atoms with van der Waals surface area (Å²) in [7, 11) is 0. The van der Waals surface area contributed by atoms with Gasteiger partial charge in [0.05, 0.1) is 5.52 Å². The Balaban J connectivity index is 1.43. The number of aromatic nitrogens is 4. The number of anilines is 1. The molecule has 7 heteroatoms. The Morgan fingerprint density at radius 2 is 1.71 bits per heavy atom. The van der Waals surface area contributed by atoms with Crippen LogP contribution in [0, 0.1) is 6.92 Å². The molecule has 0 spiro atoms. The summed E-state index contributed by atoms with van der Waals surface area (Å²) in [6.07, 6.45) is 0. The first-order chi connectivity index (χ1) is 17.1. The molecule has 1 saturated heterocycles. The number of carbonyl (C=O) groups excluding carboxylic acids is 1. The number of benzene rings is 3. The van der Waals surface area contributed by atoms with Crippen molar-refractivity contribution in [3.05, 3.63) is 90.0 Å². The zero-order valence-corrected chi connectivity index (χ0v) is 19.8. The average Bonchev–Trinajstić information content (AvgIpc) is 3.34. The highest BCUT2D eigenvalue weighted by Crippen LogP contribution is 2.30. The summed E-state index contributed by atoms with van der Waals surface area (Å²) in [4.78, 5) is 22.4. The molecule has 1 aliphatic rings. The van der Waals surface area contributed by atoms with Gasteiger partial charge in [0.25, 0.3) is 5.91 Å². The van der Waals surface area contributed by atoms with Crippen LogP contribution in [-0.4, -0.2) is 56.1 Å². The van der Waals surface area contributed by atoms with Crippen molar-refractivity contribution >= 4 is 28.4 Å². The number of fused-ring (bicyclic) bond motifs is 3. The van der Waals surface area contributed by atoms with Gasteiger partial charge in [-0.1, -0.05) is 54.1 Å². The van der Waals surface area contributed by atoms with Crippen LogP contribution >= 0.6 is 0 Å². The van der Waals surface area contributed by atoms with Crippen molar-refractivity contribution in [2.75, 3.05) is 24.5 Å². The summed E-state index contributed by atoms with van der Waals surface area (Å²) in [6, 6.07) is 25.9. The van der Waals surface area contributed by atoms with Crippen molar-refractivity contribution in [3.63, 3.8) is 0 Å². The van der Waals surface area contributed by atoms with Gasteiger partial charge in [-0.15, -0.1) is 10.2 Å². The van der Waals surface area contributed by atoms with Gasteiger partial charge in [-0.3, -0.25) is 4.79 Å². The first kappa shape index (κ1) is 21.3. The van der Waals surface area contributed by atoms with Crippen LogP contribution in [0.1, 0.15) is 22.8 Å². The highest BCUT2D eigenvalue weighted by atomic mass is 16.2. The fourth-order valence-electron chi connectivity index (χ4n) is 4.94. The van der Waals surface area contributed by atoms with Gasteiger partial charge in [-0.05, 0) is 44.2 Å². The molecule has 1 atom stereocenters. The number of rotatable bonds is 3. The molecule has 1 fully saturated rings. The van der Waals surface area contributed by atoms with Gasteiger partial charge in [0.2, 0.25) is 5.95 Å². The van der Waals surface area contributed by atoms with E-state index in [4.69, 9.17) is 4.98 Å². The van der Waals surface area contributed by atoms with Gasteiger partial charge in [-0.25, -0.2) is 9.38 Å². The second kappa shape index (κ2) is 8.51. The number of hydrogen-bond acceptors (Lipinski definition) is 5. The second-order valence-corrected chi connectivity index (χ2v) is 9.14. The molecular formula is C28H26N6O. The molecule has 3 heterocycles. The fourth-order valence-corrected chi connectivity index (χ4v) is 4.94. The number of aryl methyl sites for hydroxylation is 1. The summed E-state index contributed by atoms with van der Waals surface area (Å²) in [5.41, 5.74) is 4.56. The molecule has 6 rings (SSSR count). The predicted octanol–water partition coefficient (Wildman–Crippen LogP) is 4.60. The molecule has 0 radical (unpaired) electrons. The van der Waals surface area contributed by atoms with Crippen LogP contribution in [0.4, 0.5) is 5.95 Å². The Morgan fingerprint density at radius 1 is 0.914 bits per heavy atom. The summed E-state index contributed by atoms with van der Waals surface area (Å²) in [5.74, 6) is 1.64. The Morgan fingerprint density at radius 3 is 2.51 bits per heavy atom. The topological polar surface area (TPSA) is 66.6 Å². The lowest BCUT2D eigenvalue weighted by Crippen LogP contribution is -2.54. The van der Waals surface area contributed by atoms with E-state index < -0.39 is 0 Å². The van der Waals surface area contributed by atoms with E-state index in [1.807, 2.05) is 65.6 Å². The van der Waals surface area contributed by atoms with Gasteiger partial charge in [0, 0.05) is 42.2 Å². The summed E-state index contributed by atoms with van der Waals surface area (Å²) in [5, 5.41) is 10.2. The maximum Gasteiger partial charge on any atom is 0.254 e.